The topological polar surface area (TPSA) is 66.2 Å². The van der Waals surface area contributed by atoms with E-state index in [1.54, 1.807) is 13.8 Å². The van der Waals surface area contributed by atoms with Crippen molar-refractivity contribution < 1.29 is 30.3 Å². The Hall–Kier alpha value is -3.21. The number of aliphatic hydroxyl groups is 2. The van der Waals surface area contributed by atoms with Crippen molar-refractivity contribution in [2.45, 2.75) is 65.6 Å². The summed E-state index contributed by atoms with van der Waals surface area (Å²) in [5.74, 6) is 0. The normalized spacial score (nSPS) is 14.2. The van der Waals surface area contributed by atoms with E-state index in [1.807, 2.05) is 20.0 Å². The maximum atomic E-state index is 8.56. The van der Waals surface area contributed by atoms with Gasteiger partial charge < -0.3 is 15.2 Å². The Balaban J connectivity index is 0.000000434. The van der Waals surface area contributed by atoms with Gasteiger partial charge in [0, 0.05) is 43.1 Å². The largest absolute Gasteiger partial charge is 0.393 e. The molecule has 1 aliphatic rings. The molecule has 0 spiro atoms. The summed E-state index contributed by atoms with van der Waals surface area (Å²) in [6.07, 6.45) is 1.55. The third-order valence-corrected chi connectivity index (χ3v) is 7.73. The molecule has 0 fully saturated rings. The summed E-state index contributed by atoms with van der Waals surface area (Å²) >= 11 is 0. The number of benzene rings is 4. The van der Waals surface area contributed by atoms with Crippen LogP contribution in [0, 0.1) is 19.9 Å². The van der Waals surface area contributed by atoms with Crippen molar-refractivity contribution in [2.24, 2.45) is 0 Å². The maximum absolute atomic E-state index is 8.56. The zero-order chi connectivity index (χ0) is 28.6. The van der Waals surface area contributed by atoms with E-state index in [0.29, 0.717) is 6.42 Å². The minimum Gasteiger partial charge on any atom is -0.393 e. The Kier molecular flexibility index (Phi) is 9.25. The molecule has 4 nitrogen and oxygen atoms in total. The summed E-state index contributed by atoms with van der Waals surface area (Å²) in [4.78, 5) is 9.33. The van der Waals surface area contributed by atoms with Gasteiger partial charge in [-0.3, -0.25) is 4.98 Å². The molecule has 0 amide bonds. The first-order valence-electron chi connectivity index (χ1n) is 13.9. The fourth-order valence-corrected chi connectivity index (χ4v) is 5.88. The van der Waals surface area contributed by atoms with Crippen molar-refractivity contribution in [1.82, 2.24) is 9.97 Å². The maximum Gasteiger partial charge on any atom is 0.0539 e. The number of hydrogen-bond donors (Lipinski definition) is 2. The molecule has 2 unspecified atom stereocenters. The van der Waals surface area contributed by atoms with Crippen LogP contribution in [0.15, 0.2) is 79.0 Å². The molecule has 5 heteroatoms. The molecule has 2 atom stereocenters. The van der Waals surface area contributed by atoms with Gasteiger partial charge in [-0.15, -0.1) is 17.7 Å². The molecule has 0 saturated carbocycles. The average Bonchev–Trinajstić information content (AvgIpc) is 3.14. The third kappa shape index (κ3) is 6.05. The van der Waals surface area contributed by atoms with Crippen molar-refractivity contribution in [1.29, 1.82) is 0 Å². The van der Waals surface area contributed by atoms with Crippen molar-refractivity contribution in [3.63, 3.8) is 0 Å². The van der Waals surface area contributed by atoms with Gasteiger partial charge in [-0.2, -0.15) is 0 Å². The zero-order valence-electron chi connectivity index (χ0n) is 24.5. The minimum absolute atomic E-state index is 0. The number of nitrogens with zero attached hydrogens (tertiary/aromatic N) is 2. The van der Waals surface area contributed by atoms with Crippen LogP contribution in [0.25, 0.3) is 44.3 Å². The molecule has 0 saturated heterocycles. The molecule has 4 aromatic carbocycles. The van der Waals surface area contributed by atoms with Crippen LogP contribution >= 0.6 is 0 Å². The van der Waals surface area contributed by atoms with Crippen molar-refractivity contribution in [2.75, 3.05) is 0 Å². The first kappa shape index (κ1) is 30.7. The summed E-state index contributed by atoms with van der Waals surface area (Å²) in [7, 11) is 0. The fourth-order valence-electron chi connectivity index (χ4n) is 5.88. The molecule has 1 radical (unpaired) electrons. The average molecular weight is 722 g/mol. The molecule has 1 heterocycles. The third-order valence-electron chi connectivity index (χ3n) is 7.73. The van der Waals surface area contributed by atoms with E-state index < -0.39 is 0 Å². The molecule has 5 aromatic rings. The van der Waals surface area contributed by atoms with Gasteiger partial charge in [0.05, 0.1) is 17.9 Å². The number of rotatable bonds is 4. The summed E-state index contributed by atoms with van der Waals surface area (Å²) < 4.78 is 0. The van der Waals surface area contributed by atoms with E-state index in [2.05, 4.69) is 97.7 Å². The number of fused-ring (bicyclic) bond motifs is 4. The molecule has 213 valence electrons. The Morgan fingerprint density at radius 2 is 1.44 bits per heavy atom. The monoisotopic (exact) mass is 722 g/mol. The SMILES string of the molecule is CC(O)CC(C)O.Cc1cnc(-c2[c-]cc(-c3ccc4c(c3)C(C)(C)c3ccccc3-4)c3ccccc23)c(C)n1.[Ir]. The van der Waals surface area contributed by atoms with E-state index in [1.165, 1.54) is 38.8 Å². The molecule has 2 N–H and O–H groups in total. The van der Waals surface area contributed by atoms with Crippen LogP contribution in [0.1, 0.15) is 56.6 Å². The number of aliphatic hydroxyl groups excluding tert-OH is 2. The molecule has 1 aliphatic carbocycles. The second-order valence-electron chi connectivity index (χ2n) is 11.4. The van der Waals surface area contributed by atoms with Crippen LogP contribution in [-0.2, 0) is 25.5 Å². The van der Waals surface area contributed by atoms with Crippen LogP contribution < -0.4 is 0 Å². The summed E-state index contributed by atoms with van der Waals surface area (Å²) in [6.45, 7) is 12.0. The molecule has 1 aromatic heterocycles. The van der Waals surface area contributed by atoms with Crippen molar-refractivity contribution in [3.8, 4) is 33.5 Å². The fraction of sp³-hybridized carbons (Fsp3) is 0.278. The van der Waals surface area contributed by atoms with Crippen molar-refractivity contribution >= 4 is 10.8 Å². The quantitative estimate of drug-likeness (QED) is 0.186. The molecule has 0 aliphatic heterocycles. The van der Waals surface area contributed by atoms with E-state index in [-0.39, 0.29) is 37.7 Å². The molecule has 41 heavy (non-hydrogen) atoms. The minimum atomic E-state index is -0.375. The Bertz CT molecular complexity index is 1690. The Labute approximate surface area is 256 Å². The summed E-state index contributed by atoms with van der Waals surface area (Å²) in [5.41, 5.74) is 11.6. The standard InChI is InChI=1S/C31H25N2.C5H12O2.Ir/c1-19-18-32-30(20(2)33-19)27-16-15-22(23-9-5-6-10-24(23)27)21-13-14-26-25-11-7-8-12-28(25)31(3,4)29(26)17-21;1-4(6)3-5(2)7;/h5-15,17-18H,1-4H3;4-7H,3H2,1-2H3;/q-1;;. The van der Waals surface area contributed by atoms with E-state index in [9.17, 15) is 0 Å². The van der Waals surface area contributed by atoms with Gasteiger partial charge in [-0.25, -0.2) is 0 Å². The van der Waals surface area contributed by atoms with Gasteiger partial charge in [-0.05, 0) is 56.4 Å². The molecule has 0 bridgehead atoms. The number of aromatic nitrogens is 2. The second kappa shape index (κ2) is 12.3. The smallest absolute Gasteiger partial charge is 0.0539 e. The predicted octanol–water partition coefficient (Wildman–Crippen LogP) is 7.82. The van der Waals surface area contributed by atoms with Crippen molar-refractivity contribution in [3.05, 3.63) is 108 Å². The van der Waals surface area contributed by atoms with Gasteiger partial charge in [0.15, 0.2) is 0 Å². The Morgan fingerprint density at radius 1 is 0.805 bits per heavy atom. The summed E-state index contributed by atoms with van der Waals surface area (Å²) in [6, 6.07) is 29.9. The summed E-state index contributed by atoms with van der Waals surface area (Å²) in [5, 5.41) is 19.5. The van der Waals surface area contributed by atoms with Crippen LogP contribution in [-0.4, -0.2) is 32.4 Å². The van der Waals surface area contributed by atoms with Gasteiger partial charge in [0.25, 0.3) is 0 Å². The van der Waals surface area contributed by atoms with Gasteiger partial charge in [-0.1, -0.05) is 102 Å². The van der Waals surface area contributed by atoms with Gasteiger partial charge >= 0.3 is 0 Å². The van der Waals surface area contributed by atoms with Gasteiger partial charge in [0.1, 0.15) is 0 Å². The first-order chi connectivity index (χ1) is 19.1. The van der Waals surface area contributed by atoms with E-state index in [0.717, 1.165) is 28.0 Å². The Morgan fingerprint density at radius 3 is 2.10 bits per heavy atom. The zero-order valence-corrected chi connectivity index (χ0v) is 26.9. The van der Waals surface area contributed by atoms with Gasteiger partial charge in [0.2, 0.25) is 0 Å². The molecular formula is C36H37IrN2O2-. The van der Waals surface area contributed by atoms with Crippen LogP contribution in [0.2, 0.25) is 0 Å². The predicted molar refractivity (Wildman–Crippen MR) is 164 cm³/mol. The van der Waals surface area contributed by atoms with E-state index >= 15 is 0 Å². The van der Waals surface area contributed by atoms with Crippen LogP contribution in [0.4, 0.5) is 0 Å². The first-order valence-corrected chi connectivity index (χ1v) is 13.9. The molecular weight excluding hydrogens is 685 g/mol. The second-order valence-corrected chi connectivity index (χ2v) is 11.4. The number of aryl methyl sites for hydroxylation is 2. The van der Waals surface area contributed by atoms with Crippen LogP contribution in [0.3, 0.4) is 0 Å². The molecule has 6 rings (SSSR count). The number of hydrogen-bond acceptors (Lipinski definition) is 4. The van der Waals surface area contributed by atoms with E-state index in [4.69, 9.17) is 15.2 Å². The van der Waals surface area contributed by atoms with Crippen LogP contribution in [0.5, 0.6) is 0 Å².